The van der Waals surface area contributed by atoms with Gasteiger partial charge in [-0.1, -0.05) is 36.4 Å². The zero-order valence-electron chi connectivity index (χ0n) is 14.8. The molecule has 0 saturated carbocycles. The molecule has 0 spiro atoms. The lowest BCUT2D eigenvalue weighted by Gasteiger charge is -2.32. The van der Waals surface area contributed by atoms with Gasteiger partial charge in [0.15, 0.2) is 0 Å². The first-order chi connectivity index (χ1) is 13.2. The monoisotopic (exact) mass is 365 g/mol. The average Bonchev–Trinajstić information content (AvgIpc) is 3.19. The van der Waals surface area contributed by atoms with Crippen LogP contribution in [0.1, 0.15) is 23.2 Å². The highest BCUT2D eigenvalue weighted by atomic mass is 19.1. The summed E-state index contributed by atoms with van der Waals surface area (Å²) in [4.78, 5) is 14.8. The number of carbonyl (C=O) groups is 1. The van der Waals surface area contributed by atoms with Gasteiger partial charge in [0.2, 0.25) is 0 Å². The van der Waals surface area contributed by atoms with Gasteiger partial charge in [-0.3, -0.25) is 9.89 Å². The van der Waals surface area contributed by atoms with Gasteiger partial charge >= 0.3 is 0 Å². The van der Waals surface area contributed by atoms with Gasteiger partial charge < -0.3 is 9.64 Å². The summed E-state index contributed by atoms with van der Waals surface area (Å²) in [5.41, 5.74) is 2.24. The summed E-state index contributed by atoms with van der Waals surface area (Å²) < 4.78 is 19.1. The van der Waals surface area contributed by atoms with E-state index in [1.807, 2.05) is 35.2 Å². The van der Waals surface area contributed by atoms with Crippen molar-refractivity contribution in [1.82, 2.24) is 15.1 Å². The Hall–Kier alpha value is -3.15. The van der Waals surface area contributed by atoms with E-state index in [-0.39, 0.29) is 17.8 Å². The zero-order valence-corrected chi connectivity index (χ0v) is 14.8. The summed E-state index contributed by atoms with van der Waals surface area (Å²) in [6.45, 7) is 1.19. The first-order valence-corrected chi connectivity index (χ1v) is 9.01. The van der Waals surface area contributed by atoms with E-state index in [0.29, 0.717) is 37.2 Å². The van der Waals surface area contributed by atoms with E-state index in [9.17, 15) is 9.18 Å². The number of ether oxygens (including phenoxy) is 1. The quantitative estimate of drug-likeness (QED) is 0.763. The summed E-state index contributed by atoms with van der Waals surface area (Å²) in [6.07, 6.45) is 2.98. The van der Waals surface area contributed by atoms with E-state index in [0.717, 1.165) is 11.3 Å². The standard InChI is InChI=1S/C21H20FN3O2/c22-16-7-4-8-18(13-16)27-17-9-11-25(12-10-17)21(26)19-14-23-24-20(19)15-5-2-1-3-6-15/h1-8,13-14,17H,9-12H2,(H,23,24). The molecule has 0 unspecified atom stereocenters. The van der Waals surface area contributed by atoms with Gasteiger partial charge in [-0.15, -0.1) is 0 Å². The number of likely N-dealkylation sites (tertiary alicyclic amines) is 1. The van der Waals surface area contributed by atoms with Crippen molar-refractivity contribution < 1.29 is 13.9 Å². The van der Waals surface area contributed by atoms with Crippen molar-refractivity contribution in [3.8, 4) is 17.0 Å². The van der Waals surface area contributed by atoms with E-state index < -0.39 is 0 Å². The maximum absolute atomic E-state index is 13.3. The second-order valence-corrected chi connectivity index (χ2v) is 6.59. The summed E-state index contributed by atoms with van der Waals surface area (Å²) >= 11 is 0. The number of aromatic amines is 1. The first kappa shape index (κ1) is 17.3. The predicted octanol–water partition coefficient (Wildman–Crippen LogP) is 3.90. The Balaban J connectivity index is 1.40. The normalized spacial score (nSPS) is 14.9. The van der Waals surface area contributed by atoms with Crippen LogP contribution >= 0.6 is 0 Å². The summed E-state index contributed by atoms with van der Waals surface area (Å²) in [7, 11) is 0. The molecule has 2 aromatic carbocycles. The smallest absolute Gasteiger partial charge is 0.257 e. The number of amides is 1. The Morgan fingerprint density at radius 1 is 1.11 bits per heavy atom. The molecule has 2 heterocycles. The maximum atomic E-state index is 13.3. The molecule has 0 atom stereocenters. The van der Waals surface area contributed by atoms with Gasteiger partial charge in [0.25, 0.3) is 5.91 Å². The molecule has 138 valence electrons. The van der Waals surface area contributed by atoms with Gasteiger partial charge in [0.05, 0.1) is 17.5 Å². The molecule has 1 amide bonds. The molecule has 1 aromatic heterocycles. The Labute approximate surface area is 156 Å². The fourth-order valence-corrected chi connectivity index (χ4v) is 3.35. The van der Waals surface area contributed by atoms with Crippen molar-refractivity contribution in [2.45, 2.75) is 18.9 Å². The number of benzene rings is 2. The molecule has 1 aliphatic heterocycles. The topological polar surface area (TPSA) is 58.2 Å². The van der Waals surface area contributed by atoms with Gasteiger partial charge in [0.1, 0.15) is 17.7 Å². The fourth-order valence-electron chi connectivity index (χ4n) is 3.35. The molecule has 4 rings (SSSR count). The predicted molar refractivity (Wildman–Crippen MR) is 100.0 cm³/mol. The van der Waals surface area contributed by atoms with Gasteiger partial charge in [0, 0.05) is 37.6 Å². The lowest BCUT2D eigenvalue weighted by Crippen LogP contribution is -2.41. The molecule has 1 fully saturated rings. The lowest BCUT2D eigenvalue weighted by molar-refractivity contribution is 0.0596. The summed E-state index contributed by atoms with van der Waals surface area (Å²) in [5.74, 6) is 0.182. The third kappa shape index (κ3) is 3.84. The Bertz CT molecular complexity index is 918. The van der Waals surface area contributed by atoms with Crippen LogP contribution in [0.3, 0.4) is 0 Å². The van der Waals surface area contributed by atoms with Crippen LogP contribution in [-0.2, 0) is 0 Å². The van der Waals surface area contributed by atoms with Gasteiger partial charge in [-0.2, -0.15) is 5.10 Å². The van der Waals surface area contributed by atoms with Crippen molar-refractivity contribution in [2.75, 3.05) is 13.1 Å². The zero-order chi connectivity index (χ0) is 18.6. The Kier molecular flexibility index (Phi) is 4.87. The molecular weight excluding hydrogens is 345 g/mol. The number of H-pyrrole nitrogens is 1. The number of aromatic nitrogens is 2. The molecule has 5 nitrogen and oxygen atoms in total. The molecule has 1 aliphatic rings. The lowest BCUT2D eigenvalue weighted by atomic mass is 10.0. The Morgan fingerprint density at radius 3 is 2.63 bits per heavy atom. The minimum Gasteiger partial charge on any atom is -0.490 e. The molecular formula is C21H20FN3O2. The number of halogens is 1. The van der Waals surface area contributed by atoms with Gasteiger partial charge in [-0.25, -0.2) is 4.39 Å². The van der Waals surface area contributed by atoms with Crippen molar-refractivity contribution >= 4 is 5.91 Å². The summed E-state index contributed by atoms with van der Waals surface area (Å²) in [6, 6.07) is 15.8. The molecule has 1 saturated heterocycles. The van der Waals surface area contributed by atoms with Crippen molar-refractivity contribution in [3.63, 3.8) is 0 Å². The van der Waals surface area contributed by atoms with Crippen molar-refractivity contribution in [3.05, 3.63) is 72.2 Å². The number of hydrogen-bond donors (Lipinski definition) is 1. The molecule has 0 radical (unpaired) electrons. The third-order valence-electron chi connectivity index (χ3n) is 4.76. The minimum atomic E-state index is -0.312. The molecule has 0 aliphatic carbocycles. The van der Waals surface area contributed by atoms with E-state index in [1.54, 1.807) is 18.3 Å². The second-order valence-electron chi connectivity index (χ2n) is 6.59. The molecule has 27 heavy (non-hydrogen) atoms. The van der Waals surface area contributed by atoms with Gasteiger partial charge in [-0.05, 0) is 12.1 Å². The van der Waals surface area contributed by atoms with E-state index in [1.165, 1.54) is 12.1 Å². The molecule has 3 aromatic rings. The number of carbonyl (C=O) groups excluding carboxylic acids is 1. The van der Waals surface area contributed by atoms with E-state index in [4.69, 9.17) is 4.74 Å². The second kappa shape index (κ2) is 7.61. The van der Waals surface area contributed by atoms with Crippen LogP contribution in [0.4, 0.5) is 4.39 Å². The highest BCUT2D eigenvalue weighted by molar-refractivity contribution is 5.99. The van der Waals surface area contributed by atoms with E-state index >= 15 is 0 Å². The van der Waals surface area contributed by atoms with Crippen LogP contribution in [0.5, 0.6) is 5.75 Å². The molecule has 0 bridgehead atoms. The van der Waals surface area contributed by atoms with E-state index in [2.05, 4.69) is 10.2 Å². The number of nitrogens with zero attached hydrogens (tertiary/aromatic N) is 2. The highest BCUT2D eigenvalue weighted by Gasteiger charge is 2.27. The molecule has 1 N–H and O–H groups in total. The third-order valence-corrected chi connectivity index (χ3v) is 4.76. The largest absolute Gasteiger partial charge is 0.490 e. The SMILES string of the molecule is O=C(c1cn[nH]c1-c1ccccc1)N1CCC(Oc2cccc(F)c2)CC1. The number of hydrogen-bond acceptors (Lipinski definition) is 3. The van der Waals surface area contributed by atoms with Crippen molar-refractivity contribution in [1.29, 1.82) is 0 Å². The van der Waals surface area contributed by atoms with Crippen LogP contribution in [0.15, 0.2) is 60.8 Å². The van der Waals surface area contributed by atoms with Crippen LogP contribution in [-0.4, -0.2) is 40.2 Å². The Morgan fingerprint density at radius 2 is 1.89 bits per heavy atom. The fraction of sp³-hybridized carbons (Fsp3) is 0.238. The number of rotatable bonds is 4. The average molecular weight is 365 g/mol. The number of piperidine rings is 1. The van der Waals surface area contributed by atoms with Crippen LogP contribution in [0.25, 0.3) is 11.3 Å². The van der Waals surface area contributed by atoms with Crippen LogP contribution in [0, 0.1) is 5.82 Å². The minimum absolute atomic E-state index is 0.0196. The first-order valence-electron chi connectivity index (χ1n) is 9.01. The highest BCUT2D eigenvalue weighted by Crippen LogP contribution is 2.25. The summed E-state index contributed by atoms with van der Waals surface area (Å²) in [5, 5.41) is 6.99. The van der Waals surface area contributed by atoms with Crippen LogP contribution < -0.4 is 4.74 Å². The maximum Gasteiger partial charge on any atom is 0.257 e. The molecule has 6 heteroatoms. The van der Waals surface area contributed by atoms with Crippen molar-refractivity contribution in [2.24, 2.45) is 0 Å². The van der Waals surface area contributed by atoms with Crippen LogP contribution in [0.2, 0.25) is 0 Å². The number of nitrogens with one attached hydrogen (secondary N) is 1.